The predicted octanol–water partition coefficient (Wildman–Crippen LogP) is 0.852. The quantitative estimate of drug-likeness (QED) is 0.805. The first-order valence-electron chi connectivity index (χ1n) is 5.29. The van der Waals surface area contributed by atoms with Gasteiger partial charge in [0, 0.05) is 18.3 Å². The van der Waals surface area contributed by atoms with E-state index in [9.17, 15) is 4.79 Å². The highest BCUT2D eigenvalue weighted by molar-refractivity contribution is 5.73. The van der Waals surface area contributed by atoms with Crippen LogP contribution in [0, 0.1) is 0 Å². The summed E-state index contributed by atoms with van der Waals surface area (Å²) < 4.78 is 1.68. The molecule has 0 amide bonds. The second-order valence-electron chi connectivity index (χ2n) is 4.71. The number of nitrogens with zero attached hydrogens (tertiary/aromatic N) is 2. The van der Waals surface area contributed by atoms with Crippen molar-refractivity contribution in [1.29, 1.82) is 0 Å². The SMILES string of the molecule is CC(C)(N)CCn1c(=O)[nH]c2ccncc21. The molecule has 0 aliphatic carbocycles. The Kier molecular flexibility index (Phi) is 2.55. The summed E-state index contributed by atoms with van der Waals surface area (Å²) in [6.45, 7) is 4.50. The predicted molar refractivity (Wildman–Crippen MR) is 63.2 cm³/mol. The Labute approximate surface area is 93.3 Å². The monoisotopic (exact) mass is 220 g/mol. The summed E-state index contributed by atoms with van der Waals surface area (Å²) in [7, 11) is 0. The van der Waals surface area contributed by atoms with Crippen molar-refractivity contribution in [3.8, 4) is 0 Å². The molecular formula is C11H16N4O. The summed E-state index contributed by atoms with van der Waals surface area (Å²) >= 11 is 0. The fourth-order valence-corrected chi connectivity index (χ4v) is 1.62. The zero-order valence-electron chi connectivity index (χ0n) is 9.53. The van der Waals surface area contributed by atoms with Crippen LogP contribution in [0.5, 0.6) is 0 Å². The minimum Gasteiger partial charge on any atom is -0.325 e. The molecule has 0 radical (unpaired) electrons. The van der Waals surface area contributed by atoms with Crippen molar-refractivity contribution in [1.82, 2.24) is 14.5 Å². The van der Waals surface area contributed by atoms with Gasteiger partial charge in [0.25, 0.3) is 0 Å². The molecule has 3 N–H and O–H groups in total. The summed E-state index contributed by atoms with van der Waals surface area (Å²) in [5.41, 5.74) is 7.17. The third-order valence-electron chi connectivity index (χ3n) is 2.56. The average Bonchev–Trinajstić information content (AvgIpc) is 2.49. The van der Waals surface area contributed by atoms with E-state index in [1.54, 1.807) is 23.0 Å². The molecule has 86 valence electrons. The van der Waals surface area contributed by atoms with Crippen LogP contribution in [0.3, 0.4) is 0 Å². The van der Waals surface area contributed by atoms with Crippen LogP contribution < -0.4 is 11.4 Å². The van der Waals surface area contributed by atoms with Crippen LogP contribution in [0.25, 0.3) is 11.0 Å². The smallest absolute Gasteiger partial charge is 0.325 e. The van der Waals surface area contributed by atoms with Crippen molar-refractivity contribution in [2.45, 2.75) is 32.4 Å². The van der Waals surface area contributed by atoms with Gasteiger partial charge < -0.3 is 10.7 Å². The molecule has 0 aliphatic rings. The van der Waals surface area contributed by atoms with Gasteiger partial charge in [-0.2, -0.15) is 0 Å². The van der Waals surface area contributed by atoms with E-state index in [0.717, 1.165) is 17.5 Å². The molecule has 2 aromatic heterocycles. The van der Waals surface area contributed by atoms with Crippen LogP contribution in [0.1, 0.15) is 20.3 Å². The maximum absolute atomic E-state index is 11.7. The molecular weight excluding hydrogens is 204 g/mol. The molecule has 0 bridgehead atoms. The zero-order valence-corrected chi connectivity index (χ0v) is 9.53. The number of aromatic nitrogens is 3. The number of nitrogens with two attached hydrogens (primary N) is 1. The van der Waals surface area contributed by atoms with Gasteiger partial charge in [-0.05, 0) is 26.3 Å². The van der Waals surface area contributed by atoms with E-state index in [4.69, 9.17) is 5.73 Å². The van der Waals surface area contributed by atoms with Gasteiger partial charge in [-0.15, -0.1) is 0 Å². The number of imidazole rings is 1. The minimum absolute atomic E-state index is 0.104. The molecule has 0 saturated heterocycles. The maximum Gasteiger partial charge on any atom is 0.326 e. The van der Waals surface area contributed by atoms with Crippen molar-refractivity contribution in [3.63, 3.8) is 0 Å². The number of fused-ring (bicyclic) bond motifs is 1. The van der Waals surface area contributed by atoms with E-state index in [-0.39, 0.29) is 11.2 Å². The molecule has 16 heavy (non-hydrogen) atoms. The Bertz CT molecular complexity index is 547. The fourth-order valence-electron chi connectivity index (χ4n) is 1.62. The van der Waals surface area contributed by atoms with Gasteiger partial charge in [0.15, 0.2) is 0 Å². The van der Waals surface area contributed by atoms with Crippen molar-refractivity contribution in [3.05, 3.63) is 28.9 Å². The van der Waals surface area contributed by atoms with Gasteiger partial charge in [-0.3, -0.25) is 9.55 Å². The van der Waals surface area contributed by atoms with E-state index in [0.29, 0.717) is 6.54 Å². The number of aryl methyl sites for hydroxylation is 1. The highest BCUT2D eigenvalue weighted by Gasteiger charge is 2.13. The molecule has 0 saturated carbocycles. The maximum atomic E-state index is 11.7. The lowest BCUT2D eigenvalue weighted by Crippen LogP contribution is -2.34. The molecule has 2 heterocycles. The first-order valence-corrected chi connectivity index (χ1v) is 5.29. The van der Waals surface area contributed by atoms with Gasteiger partial charge >= 0.3 is 5.69 Å². The topological polar surface area (TPSA) is 76.7 Å². The number of pyridine rings is 1. The average molecular weight is 220 g/mol. The van der Waals surface area contributed by atoms with Crippen molar-refractivity contribution in [2.75, 3.05) is 0 Å². The van der Waals surface area contributed by atoms with Crippen LogP contribution in [0.15, 0.2) is 23.3 Å². The van der Waals surface area contributed by atoms with E-state index in [1.165, 1.54) is 0 Å². The molecule has 0 fully saturated rings. The number of aromatic amines is 1. The summed E-state index contributed by atoms with van der Waals surface area (Å²) in [6, 6.07) is 1.79. The van der Waals surface area contributed by atoms with Crippen molar-refractivity contribution >= 4 is 11.0 Å². The Hall–Kier alpha value is -1.62. The normalized spacial score (nSPS) is 12.2. The minimum atomic E-state index is -0.273. The van der Waals surface area contributed by atoms with E-state index >= 15 is 0 Å². The van der Waals surface area contributed by atoms with E-state index in [2.05, 4.69) is 9.97 Å². The van der Waals surface area contributed by atoms with Gasteiger partial charge in [0.05, 0.1) is 17.2 Å². The van der Waals surface area contributed by atoms with E-state index in [1.807, 2.05) is 13.8 Å². The molecule has 0 aromatic carbocycles. The molecule has 0 spiro atoms. The second-order valence-corrected chi connectivity index (χ2v) is 4.71. The van der Waals surface area contributed by atoms with Crippen LogP contribution in [0.2, 0.25) is 0 Å². The van der Waals surface area contributed by atoms with Gasteiger partial charge in [-0.25, -0.2) is 4.79 Å². The molecule has 5 heteroatoms. The first-order chi connectivity index (χ1) is 7.47. The van der Waals surface area contributed by atoms with Gasteiger partial charge in [0.2, 0.25) is 0 Å². The van der Waals surface area contributed by atoms with Crippen LogP contribution >= 0.6 is 0 Å². The van der Waals surface area contributed by atoms with Crippen LogP contribution in [-0.2, 0) is 6.54 Å². The standard InChI is InChI=1S/C11H16N4O/c1-11(2,12)4-6-15-9-7-13-5-3-8(9)14-10(15)16/h3,5,7H,4,6,12H2,1-2H3,(H,14,16). The molecule has 2 rings (SSSR count). The highest BCUT2D eigenvalue weighted by Crippen LogP contribution is 2.10. The summed E-state index contributed by atoms with van der Waals surface area (Å²) in [5.74, 6) is 0. The lowest BCUT2D eigenvalue weighted by Gasteiger charge is -2.18. The molecule has 0 unspecified atom stereocenters. The number of hydrogen-bond donors (Lipinski definition) is 2. The largest absolute Gasteiger partial charge is 0.326 e. The van der Waals surface area contributed by atoms with Crippen molar-refractivity contribution < 1.29 is 0 Å². The van der Waals surface area contributed by atoms with Crippen LogP contribution in [0.4, 0.5) is 0 Å². The zero-order chi connectivity index (χ0) is 11.8. The summed E-state index contributed by atoms with van der Waals surface area (Å²) in [4.78, 5) is 18.5. The highest BCUT2D eigenvalue weighted by atomic mass is 16.1. The number of nitrogens with one attached hydrogen (secondary N) is 1. The molecule has 0 aliphatic heterocycles. The lowest BCUT2D eigenvalue weighted by molar-refractivity contribution is 0.436. The molecule has 0 atom stereocenters. The first kappa shape index (κ1) is 10.9. The van der Waals surface area contributed by atoms with Gasteiger partial charge in [-0.1, -0.05) is 0 Å². The lowest BCUT2D eigenvalue weighted by atomic mass is 10.0. The number of hydrogen-bond acceptors (Lipinski definition) is 3. The fraction of sp³-hybridized carbons (Fsp3) is 0.455. The third kappa shape index (κ3) is 2.14. The third-order valence-corrected chi connectivity index (χ3v) is 2.56. The van der Waals surface area contributed by atoms with Crippen LogP contribution in [-0.4, -0.2) is 20.1 Å². The Balaban J connectivity index is 2.37. The second kappa shape index (κ2) is 3.75. The summed E-state index contributed by atoms with van der Waals surface area (Å²) in [6.07, 6.45) is 4.10. The summed E-state index contributed by atoms with van der Waals surface area (Å²) in [5, 5.41) is 0. The Morgan fingerprint density at radius 2 is 2.31 bits per heavy atom. The molecule has 5 nitrogen and oxygen atoms in total. The number of rotatable bonds is 3. The van der Waals surface area contributed by atoms with E-state index < -0.39 is 0 Å². The Morgan fingerprint density at radius 3 is 3.00 bits per heavy atom. The van der Waals surface area contributed by atoms with Gasteiger partial charge in [0.1, 0.15) is 0 Å². The Morgan fingerprint density at radius 1 is 1.56 bits per heavy atom. The molecule has 2 aromatic rings. The number of H-pyrrole nitrogens is 1. The van der Waals surface area contributed by atoms with Crippen molar-refractivity contribution in [2.24, 2.45) is 5.73 Å².